The molecule has 0 unspecified atom stereocenters. The van der Waals surface area contributed by atoms with Gasteiger partial charge in [0, 0.05) is 30.5 Å². The van der Waals surface area contributed by atoms with Crippen LogP contribution in [0.4, 0.5) is 23.2 Å². The van der Waals surface area contributed by atoms with Gasteiger partial charge in [0.1, 0.15) is 5.82 Å². The molecule has 3 rings (SSSR count). The highest BCUT2D eigenvalue weighted by molar-refractivity contribution is 5.65. The fraction of sp³-hybridized carbons (Fsp3) is 0.353. The minimum absolute atomic E-state index is 0.342. The van der Waals surface area contributed by atoms with Crippen molar-refractivity contribution in [2.24, 2.45) is 0 Å². The summed E-state index contributed by atoms with van der Waals surface area (Å²) >= 11 is 0. The highest BCUT2D eigenvalue weighted by atomic mass is 19.4. The molecular weight excluding hydrogens is 308 g/mol. The van der Waals surface area contributed by atoms with Gasteiger partial charge in [0.05, 0.1) is 11.3 Å². The van der Waals surface area contributed by atoms with Crippen LogP contribution in [-0.4, -0.2) is 18.1 Å². The van der Waals surface area contributed by atoms with Crippen LogP contribution in [0.1, 0.15) is 24.8 Å². The normalized spacial score (nSPS) is 15.7. The molecule has 1 aromatic carbocycles. The highest BCUT2D eigenvalue weighted by Gasteiger charge is 2.34. The number of benzene rings is 1. The van der Waals surface area contributed by atoms with E-state index in [9.17, 15) is 17.6 Å². The zero-order chi connectivity index (χ0) is 16.4. The number of hydrogen-bond donors (Lipinski definition) is 0. The molecule has 1 aliphatic heterocycles. The van der Waals surface area contributed by atoms with Gasteiger partial charge in [0.2, 0.25) is 0 Å². The van der Waals surface area contributed by atoms with Crippen LogP contribution in [-0.2, 0) is 6.18 Å². The number of aromatic nitrogens is 1. The van der Waals surface area contributed by atoms with Gasteiger partial charge >= 0.3 is 6.18 Å². The lowest BCUT2D eigenvalue weighted by Crippen LogP contribution is -2.29. The third-order valence-corrected chi connectivity index (χ3v) is 4.03. The summed E-state index contributed by atoms with van der Waals surface area (Å²) in [7, 11) is 0. The van der Waals surface area contributed by atoms with E-state index in [0.717, 1.165) is 43.8 Å². The first-order valence-electron chi connectivity index (χ1n) is 7.53. The Kier molecular flexibility index (Phi) is 4.24. The third-order valence-electron chi connectivity index (χ3n) is 4.03. The molecule has 1 aliphatic rings. The second-order valence-corrected chi connectivity index (χ2v) is 5.64. The number of piperidine rings is 1. The zero-order valence-corrected chi connectivity index (χ0v) is 12.4. The van der Waals surface area contributed by atoms with Crippen molar-refractivity contribution in [3.8, 4) is 11.3 Å². The van der Waals surface area contributed by atoms with Gasteiger partial charge in [-0.15, -0.1) is 0 Å². The van der Waals surface area contributed by atoms with Gasteiger partial charge in [-0.05, 0) is 43.5 Å². The van der Waals surface area contributed by atoms with E-state index in [-0.39, 0.29) is 0 Å². The Morgan fingerprint density at radius 3 is 2.35 bits per heavy atom. The van der Waals surface area contributed by atoms with Gasteiger partial charge in [-0.25, -0.2) is 4.39 Å². The summed E-state index contributed by atoms with van der Waals surface area (Å²) in [6, 6.07) is 6.59. The monoisotopic (exact) mass is 324 g/mol. The van der Waals surface area contributed by atoms with E-state index in [2.05, 4.69) is 9.88 Å². The Bertz CT molecular complexity index is 691. The quantitative estimate of drug-likeness (QED) is 0.731. The van der Waals surface area contributed by atoms with Crippen LogP contribution >= 0.6 is 0 Å². The van der Waals surface area contributed by atoms with Crippen molar-refractivity contribution in [3.63, 3.8) is 0 Å². The van der Waals surface area contributed by atoms with Crippen molar-refractivity contribution in [1.82, 2.24) is 4.98 Å². The van der Waals surface area contributed by atoms with Gasteiger partial charge in [-0.3, -0.25) is 4.98 Å². The van der Waals surface area contributed by atoms with E-state index in [1.54, 1.807) is 12.3 Å². The minimum atomic E-state index is -4.69. The molecule has 1 fully saturated rings. The Morgan fingerprint density at radius 2 is 1.70 bits per heavy atom. The van der Waals surface area contributed by atoms with Crippen molar-refractivity contribution < 1.29 is 17.6 Å². The second-order valence-electron chi connectivity index (χ2n) is 5.64. The van der Waals surface area contributed by atoms with Crippen LogP contribution in [0.2, 0.25) is 0 Å². The van der Waals surface area contributed by atoms with Crippen molar-refractivity contribution in [2.45, 2.75) is 25.4 Å². The Morgan fingerprint density at radius 1 is 0.957 bits per heavy atom. The summed E-state index contributed by atoms with van der Waals surface area (Å²) in [6.45, 7) is 1.90. The van der Waals surface area contributed by atoms with Crippen LogP contribution in [0.25, 0.3) is 11.3 Å². The molecular formula is C17H16F4N2. The smallest absolute Gasteiger partial charge is 0.371 e. The van der Waals surface area contributed by atoms with Gasteiger partial charge in [0.15, 0.2) is 0 Å². The van der Waals surface area contributed by atoms with E-state index >= 15 is 0 Å². The Hall–Kier alpha value is -2.11. The van der Waals surface area contributed by atoms with Gasteiger partial charge in [-0.1, -0.05) is 6.07 Å². The maximum atomic E-state index is 13.7. The van der Waals surface area contributed by atoms with E-state index < -0.39 is 17.6 Å². The molecule has 6 heteroatoms. The molecule has 0 saturated carbocycles. The lowest BCUT2D eigenvalue weighted by molar-refractivity contribution is -0.139. The van der Waals surface area contributed by atoms with Crippen molar-refractivity contribution in [3.05, 3.63) is 47.9 Å². The molecule has 23 heavy (non-hydrogen) atoms. The summed E-state index contributed by atoms with van der Waals surface area (Å²) < 4.78 is 51.6. The molecule has 0 bridgehead atoms. The fourth-order valence-corrected chi connectivity index (χ4v) is 2.83. The number of rotatable bonds is 2. The average molecular weight is 324 g/mol. The first-order chi connectivity index (χ1) is 10.9. The van der Waals surface area contributed by atoms with Crippen LogP contribution in [0.15, 0.2) is 36.5 Å². The number of pyridine rings is 1. The number of nitrogens with zero attached hydrogens (tertiary/aromatic N) is 2. The maximum Gasteiger partial charge on any atom is 0.419 e. The largest absolute Gasteiger partial charge is 0.419 e. The van der Waals surface area contributed by atoms with Gasteiger partial charge in [0.25, 0.3) is 0 Å². The molecule has 0 atom stereocenters. The topological polar surface area (TPSA) is 16.1 Å². The first-order valence-corrected chi connectivity index (χ1v) is 7.53. The van der Waals surface area contributed by atoms with Crippen molar-refractivity contribution in [1.29, 1.82) is 0 Å². The number of alkyl halides is 3. The standard InChI is InChI=1S/C17H16F4N2/c18-15-10-12(4-5-14(15)17(19,20)21)16-11-13(6-7-22-16)23-8-2-1-3-9-23/h4-7,10-11H,1-3,8-9H2. The predicted octanol–water partition coefficient (Wildman–Crippen LogP) is 4.90. The Balaban J connectivity index is 1.91. The maximum absolute atomic E-state index is 13.7. The van der Waals surface area contributed by atoms with E-state index in [4.69, 9.17) is 0 Å². The summed E-state index contributed by atoms with van der Waals surface area (Å²) in [6.07, 6.45) is 0.359. The summed E-state index contributed by atoms with van der Waals surface area (Å²) in [5.41, 5.74) is 0.526. The first kappa shape index (κ1) is 15.8. The summed E-state index contributed by atoms with van der Waals surface area (Å²) in [4.78, 5) is 6.38. The zero-order valence-electron chi connectivity index (χ0n) is 12.4. The summed E-state index contributed by atoms with van der Waals surface area (Å²) in [5.74, 6) is -1.28. The molecule has 2 heterocycles. The van der Waals surface area contributed by atoms with E-state index in [0.29, 0.717) is 11.3 Å². The molecule has 0 N–H and O–H groups in total. The number of anilines is 1. The number of hydrogen-bond acceptors (Lipinski definition) is 2. The lowest BCUT2D eigenvalue weighted by atomic mass is 10.1. The molecule has 0 radical (unpaired) electrons. The SMILES string of the molecule is Fc1cc(-c2cc(N3CCCCC3)ccn2)ccc1C(F)(F)F. The molecule has 1 aromatic heterocycles. The minimum Gasteiger partial charge on any atom is -0.371 e. The third kappa shape index (κ3) is 3.46. The predicted molar refractivity (Wildman–Crippen MR) is 80.7 cm³/mol. The van der Waals surface area contributed by atoms with E-state index in [1.165, 1.54) is 12.5 Å². The van der Waals surface area contributed by atoms with E-state index in [1.807, 2.05) is 6.07 Å². The van der Waals surface area contributed by atoms with Crippen LogP contribution in [0.5, 0.6) is 0 Å². The van der Waals surface area contributed by atoms with Crippen LogP contribution in [0.3, 0.4) is 0 Å². The Labute approximate surface area is 131 Å². The lowest BCUT2D eigenvalue weighted by Gasteiger charge is -2.28. The highest BCUT2D eigenvalue weighted by Crippen LogP contribution is 2.33. The van der Waals surface area contributed by atoms with Gasteiger partial charge < -0.3 is 4.90 Å². The van der Waals surface area contributed by atoms with Crippen LogP contribution in [0, 0.1) is 5.82 Å². The molecule has 2 aromatic rings. The van der Waals surface area contributed by atoms with Crippen LogP contribution < -0.4 is 4.90 Å². The van der Waals surface area contributed by atoms with Crippen molar-refractivity contribution in [2.75, 3.05) is 18.0 Å². The average Bonchev–Trinajstić information content (AvgIpc) is 2.54. The molecule has 2 nitrogen and oxygen atoms in total. The second kappa shape index (κ2) is 6.18. The molecule has 122 valence electrons. The molecule has 0 spiro atoms. The fourth-order valence-electron chi connectivity index (χ4n) is 2.83. The van der Waals surface area contributed by atoms with Crippen molar-refractivity contribution >= 4 is 5.69 Å². The summed E-state index contributed by atoms with van der Waals surface area (Å²) in [5, 5.41) is 0. The van der Waals surface area contributed by atoms with Gasteiger partial charge in [-0.2, -0.15) is 13.2 Å². The molecule has 0 amide bonds. The molecule has 0 aliphatic carbocycles. The number of halogens is 4. The molecule has 1 saturated heterocycles.